The Kier molecular flexibility index (Phi) is 6.64. The standard InChI is InChI=1S/C23H32N4O2/c1-25-10-2-4-21(25)22-5-3-11-27(22)18-23(28)24-16-19-6-8-20(9-7-19)17-26-12-14-29-15-13-26/h2,4,6-10,22H,3,5,11-18H2,1H3,(H,24,28)/t22-/m0/s1. The first-order chi connectivity index (χ1) is 14.2. The minimum atomic E-state index is 0.100. The summed E-state index contributed by atoms with van der Waals surface area (Å²) in [7, 11) is 2.08. The predicted octanol–water partition coefficient (Wildman–Crippen LogP) is 2.31. The van der Waals surface area contributed by atoms with E-state index >= 15 is 0 Å². The molecule has 0 spiro atoms. The zero-order valence-electron chi connectivity index (χ0n) is 17.3. The lowest BCUT2D eigenvalue weighted by atomic mass is 10.1. The van der Waals surface area contributed by atoms with Crippen molar-refractivity contribution in [3.05, 3.63) is 59.4 Å². The number of benzene rings is 1. The summed E-state index contributed by atoms with van der Waals surface area (Å²) in [4.78, 5) is 17.2. The minimum Gasteiger partial charge on any atom is -0.379 e. The lowest BCUT2D eigenvalue weighted by molar-refractivity contribution is -0.122. The molecule has 1 N–H and O–H groups in total. The largest absolute Gasteiger partial charge is 0.379 e. The van der Waals surface area contributed by atoms with Crippen molar-refractivity contribution in [2.45, 2.75) is 32.0 Å². The fourth-order valence-corrected chi connectivity index (χ4v) is 4.39. The highest BCUT2D eigenvalue weighted by Gasteiger charge is 2.28. The van der Waals surface area contributed by atoms with E-state index in [1.54, 1.807) is 0 Å². The van der Waals surface area contributed by atoms with Gasteiger partial charge in [0.05, 0.1) is 25.8 Å². The first-order valence-corrected chi connectivity index (χ1v) is 10.7. The number of rotatable bonds is 7. The van der Waals surface area contributed by atoms with Gasteiger partial charge in [0.25, 0.3) is 0 Å². The second kappa shape index (κ2) is 9.57. The van der Waals surface area contributed by atoms with E-state index in [2.05, 4.69) is 69.3 Å². The first kappa shape index (κ1) is 20.1. The molecule has 3 heterocycles. The van der Waals surface area contributed by atoms with Crippen LogP contribution in [0.4, 0.5) is 0 Å². The molecule has 2 aliphatic rings. The number of nitrogens with zero attached hydrogens (tertiary/aromatic N) is 3. The summed E-state index contributed by atoms with van der Waals surface area (Å²) in [5.41, 5.74) is 3.75. The van der Waals surface area contributed by atoms with E-state index in [0.29, 0.717) is 19.1 Å². The minimum absolute atomic E-state index is 0.100. The van der Waals surface area contributed by atoms with Crippen LogP contribution >= 0.6 is 0 Å². The van der Waals surface area contributed by atoms with Crippen LogP contribution in [0, 0.1) is 0 Å². The topological polar surface area (TPSA) is 49.7 Å². The van der Waals surface area contributed by atoms with E-state index in [0.717, 1.165) is 57.8 Å². The van der Waals surface area contributed by atoms with Crippen molar-refractivity contribution in [1.29, 1.82) is 0 Å². The van der Waals surface area contributed by atoms with Gasteiger partial charge in [0.15, 0.2) is 0 Å². The smallest absolute Gasteiger partial charge is 0.234 e. The Bertz CT molecular complexity index is 795. The van der Waals surface area contributed by atoms with Gasteiger partial charge in [-0.15, -0.1) is 0 Å². The zero-order chi connectivity index (χ0) is 20.1. The maximum absolute atomic E-state index is 12.5. The van der Waals surface area contributed by atoms with E-state index in [1.165, 1.54) is 11.3 Å². The molecule has 1 aromatic heterocycles. The Morgan fingerprint density at radius 2 is 1.86 bits per heavy atom. The molecule has 1 atom stereocenters. The highest BCUT2D eigenvalue weighted by Crippen LogP contribution is 2.31. The number of nitrogens with one attached hydrogen (secondary N) is 1. The molecular weight excluding hydrogens is 364 g/mol. The third kappa shape index (κ3) is 5.26. The molecule has 2 saturated heterocycles. The summed E-state index contributed by atoms with van der Waals surface area (Å²) in [6, 6.07) is 13.2. The van der Waals surface area contributed by atoms with Crippen LogP contribution in [0.2, 0.25) is 0 Å². The van der Waals surface area contributed by atoms with E-state index in [9.17, 15) is 4.79 Å². The molecule has 0 saturated carbocycles. The van der Waals surface area contributed by atoms with Gasteiger partial charge in [-0.2, -0.15) is 0 Å². The molecule has 0 unspecified atom stereocenters. The van der Waals surface area contributed by atoms with Gasteiger partial charge in [-0.05, 0) is 42.6 Å². The molecule has 6 heteroatoms. The first-order valence-electron chi connectivity index (χ1n) is 10.7. The average Bonchev–Trinajstić information content (AvgIpc) is 3.36. The third-order valence-electron chi connectivity index (χ3n) is 6.06. The van der Waals surface area contributed by atoms with E-state index in [-0.39, 0.29) is 5.91 Å². The van der Waals surface area contributed by atoms with Crippen molar-refractivity contribution < 1.29 is 9.53 Å². The van der Waals surface area contributed by atoms with Crippen LogP contribution < -0.4 is 5.32 Å². The van der Waals surface area contributed by atoms with Crippen LogP contribution in [0.25, 0.3) is 0 Å². The number of morpholine rings is 1. The van der Waals surface area contributed by atoms with Crippen LogP contribution in [0.1, 0.15) is 35.7 Å². The molecule has 29 heavy (non-hydrogen) atoms. The van der Waals surface area contributed by atoms with Crippen molar-refractivity contribution in [3.8, 4) is 0 Å². The number of amides is 1. The Balaban J connectivity index is 1.24. The number of carbonyl (C=O) groups excluding carboxylic acids is 1. The van der Waals surface area contributed by atoms with Gasteiger partial charge in [-0.1, -0.05) is 24.3 Å². The van der Waals surface area contributed by atoms with Gasteiger partial charge in [0.1, 0.15) is 0 Å². The summed E-state index contributed by atoms with van der Waals surface area (Å²) < 4.78 is 7.57. The van der Waals surface area contributed by atoms with E-state index in [4.69, 9.17) is 4.74 Å². The van der Waals surface area contributed by atoms with Gasteiger partial charge >= 0.3 is 0 Å². The number of likely N-dealkylation sites (tertiary alicyclic amines) is 1. The van der Waals surface area contributed by atoms with Crippen molar-refractivity contribution in [2.75, 3.05) is 39.4 Å². The van der Waals surface area contributed by atoms with Gasteiger partial charge in [0, 0.05) is 45.1 Å². The molecule has 2 fully saturated rings. The Morgan fingerprint density at radius 3 is 2.59 bits per heavy atom. The summed E-state index contributed by atoms with van der Waals surface area (Å²) in [5.74, 6) is 0.100. The van der Waals surface area contributed by atoms with Crippen LogP contribution in [0.15, 0.2) is 42.6 Å². The number of hydrogen-bond donors (Lipinski definition) is 1. The van der Waals surface area contributed by atoms with Crippen LogP contribution in [-0.4, -0.2) is 59.7 Å². The fourth-order valence-electron chi connectivity index (χ4n) is 4.39. The molecule has 2 aliphatic heterocycles. The second-order valence-electron chi connectivity index (χ2n) is 8.15. The molecule has 2 aromatic rings. The summed E-state index contributed by atoms with van der Waals surface area (Å²) in [6.07, 6.45) is 4.35. The van der Waals surface area contributed by atoms with Crippen molar-refractivity contribution >= 4 is 5.91 Å². The monoisotopic (exact) mass is 396 g/mol. The van der Waals surface area contributed by atoms with Gasteiger partial charge in [-0.25, -0.2) is 0 Å². The van der Waals surface area contributed by atoms with Gasteiger partial charge in [-0.3, -0.25) is 14.6 Å². The Hall–Kier alpha value is -2.15. The number of carbonyl (C=O) groups is 1. The summed E-state index contributed by atoms with van der Waals surface area (Å²) >= 11 is 0. The Morgan fingerprint density at radius 1 is 1.10 bits per heavy atom. The van der Waals surface area contributed by atoms with Crippen molar-refractivity contribution in [2.24, 2.45) is 7.05 Å². The van der Waals surface area contributed by atoms with Crippen LogP contribution in [-0.2, 0) is 29.7 Å². The maximum atomic E-state index is 12.5. The van der Waals surface area contributed by atoms with Crippen molar-refractivity contribution in [3.63, 3.8) is 0 Å². The molecule has 4 rings (SSSR count). The third-order valence-corrected chi connectivity index (χ3v) is 6.06. The SMILES string of the molecule is Cn1cccc1[C@@H]1CCCN1CC(=O)NCc1ccc(CN2CCOCC2)cc1. The fraction of sp³-hybridized carbons (Fsp3) is 0.522. The van der Waals surface area contributed by atoms with Crippen LogP contribution in [0.5, 0.6) is 0 Å². The van der Waals surface area contributed by atoms with Gasteiger partial charge < -0.3 is 14.6 Å². The second-order valence-corrected chi connectivity index (χ2v) is 8.15. The lowest BCUT2D eigenvalue weighted by Gasteiger charge is -2.26. The molecule has 0 bridgehead atoms. The number of aromatic nitrogens is 1. The molecular formula is C23H32N4O2. The summed E-state index contributed by atoms with van der Waals surface area (Å²) in [6.45, 7) is 6.64. The highest BCUT2D eigenvalue weighted by molar-refractivity contribution is 5.78. The molecule has 0 radical (unpaired) electrons. The normalized spacial score (nSPS) is 20.8. The lowest BCUT2D eigenvalue weighted by Crippen LogP contribution is -2.37. The van der Waals surface area contributed by atoms with Crippen molar-refractivity contribution in [1.82, 2.24) is 19.7 Å². The number of hydrogen-bond acceptors (Lipinski definition) is 4. The molecule has 6 nitrogen and oxygen atoms in total. The summed E-state index contributed by atoms with van der Waals surface area (Å²) in [5, 5.41) is 3.09. The number of ether oxygens (including phenoxy) is 1. The maximum Gasteiger partial charge on any atom is 0.234 e. The predicted molar refractivity (Wildman–Crippen MR) is 113 cm³/mol. The van der Waals surface area contributed by atoms with Crippen LogP contribution in [0.3, 0.4) is 0 Å². The highest BCUT2D eigenvalue weighted by atomic mass is 16.5. The van der Waals surface area contributed by atoms with Gasteiger partial charge in [0.2, 0.25) is 5.91 Å². The molecule has 156 valence electrons. The Labute approximate surface area is 173 Å². The quantitative estimate of drug-likeness (QED) is 0.780. The van der Waals surface area contributed by atoms with E-state index < -0.39 is 0 Å². The average molecular weight is 397 g/mol. The molecule has 1 aromatic carbocycles. The molecule has 0 aliphatic carbocycles. The zero-order valence-corrected chi connectivity index (χ0v) is 17.3. The number of aryl methyl sites for hydroxylation is 1. The molecule has 1 amide bonds. The van der Waals surface area contributed by atoms with E-state index in [1.807, 2.05) is 0 Å².